The van der Waals surface area contributed by atoms with Crippen LogP contribution in [0.2, 0.25) is 0 Å². The van der Waals surface area contributed by atoms with Gasteiger partial charge in [-0.1, -0.05) is 38.2 Å². The Bertz CT molecular complexity index is 456. The Balaban J connectivity index is 1.94. The fraction of sp³-hybridized carbons (Fsp3) is 0.667. The molecule has 1 aromatic rings. The molecule has 0 aliphatic heterocycles. The van der Waals surface area contributed by atoms with Gasteiger partial charge >= 0.3 is 0 Å². The van der Waals surface area contributed by atoms with Gasteiger partial charge in [-0.15, -0.1) is 0 Å². The average molecular weight is 273 g/mol. The highest BCUT2D eigenvalue weighted by atomic mass is 16.5. The lowest BCUT2D eigenvalue weighted by Crippen LogP contribution is -2.38. The summed E-state index contributed by atoms with van der Waals surface area (Å²) in [5.41, 5.74) is 9.33. The molecule has 110 valence electrons. The molecule has 0 amide bonds. The van der Waals surface area contributed by atoms with Gasteiger partial charge in [-0.2, -0.15) is 0 Å². The van der Waals surface area contributed by atoms with Crippen molar-refractivity contribution >= 4 is 0 Å². The van der Waals surface area contributed by atoms with Crippen molar-refractivity contribution in [3.05, 3.63) is 29.3 Å². The second-order valence-corrected chi connectivity index (χ2v) is 6.65. The van der Waals surface area contributed by atoms with E-state index in [-0.39, 0.29) is 5.54 Å². The molecule has 3 rings (SSSR count). The van der Waals surface area contributed by atoms with Gasteiger partial charge in [0.1, 0.15) is 5.75 Å². The van der Waals surface area contributed by atoms with Crippen LogP contribution in [0.3, 0.4) is 0 Å². The van der Waals surface area contributed by atoms with Crippen molar-refractivity contribution < 1.29 is 4.74 Å². The van der Waals surface area contributed by atoms with Crippen molar-refractivity contribution in [2.24, 2.45) is 5.73 Å². The molecule has 0 unspecified atom stereocenters. The fourth-order valence-corrected chi connectivity index (χ4v) is 4.07. The quantitative estimate of drug-likeness (QED) is 0.881. The Morgan fingerprint density at radius 1 is 1.05 bits per heavy atom. The zero-order valence-electron chi connectivity index (χ0n) is 12.7. The third kappa shape index (κ3) is 2.58. The van der Waals surface area contributed by atoms with Crippen LogP contribution in [0.5, 0.6) is 5.75 Å². The summed E-state index contributed by atoms with van der Waals surface area (Å²) in [4.78, 5) is 0. The van der Waals surface area contributed by atoms with Gasteiger partial charge < -0.3 is 10.5 Å². The van der Waals surface area contributed by atoms with E-state index >= 15 is 0 Å². The monoisotopic (exact) mass is 273 g/mol. The molecule has 2 saturated carbocycles. The smallest absolute Gasteiger partial charge is 0.122 e. The normalized spacial score (nSPS) is 22.9. The highest BCUT2D eigenvalue weighted by Crippen LogP contribution is 2.42. The zero-order chi connectivity index (χ0) is 14.0. The van der Waals surface area contributed by atoms with E-state index in [1.165, 1.54) is 56.1 Å². The standard InChI is InChI=1S/C18H27NO/c1-20-17-10-9-15(18(19)11-5-2-6-12-18)13-16(17)14-7-3-4-8-14/h9-10,13-14H,2-8,11-12,19H2,1H3. The number of nitrogens with two attached hydrogens (primary N) is 1. The summed E-state index contributed by atoms with van der Waals surface area (Å²) in [7, 11) is 1.78. The number of methoxy groups -OCH3 is 1. The molecule has 0 radical (unpaired) electrons. The minimum absolute atomic E-state index is 0.0993. The van der Waals surface area contributed by atoms with Crippen molar-refractivity contribution in [1.82, 2.24) is 0 Å². The van der Waals surface area contributed by atoms with Gasteiger partial charge in [-0.3, -0.25) is 0 Å². The second-order valence-electron chi connectivity index (χ2n) is 6.65. The molecule has 2 aliphatic rings. The molecule has 2 N–H and O–H groups in total. The minimum atomic E-state index is -0.0993. The lowest BCUT2D eigenvalue weighted by atomic mass is 9.76. The van der Waals surface area contributed by atoms with Crippen molar-refractivity contribution in [3.8, 4) is 5.75 Å². The van der Waals surface area contributed by atoms with Crippen LogP contribution >= 0.6 is 0 Å². The molecule has 2 fully saturated rings. The summed E-state index contributed by atoms with van der Waals surface area (Å²) in [6.07, 6.45) is 11.4. The Morgan fingerprint density at radius 2 is 1.75 bits per heavy atom. The number of hydrogen-bond donors (Lipinski definition) is 1. The molecule has 2 heteroatoms. The van der Waals surface area contributed by atoms with Gasteiger partial charge in [0.2, 0.25) is 0 Å². The first-order chi connectivity index (χ1) is 9.73. The fourth-order valence-electron chi connectivity index (χ4n) is 4.07. The highest BCUT2D eigenvalue weighted by molar-refractivity contribution is 5.42. The predicted octanol–water partition coefficient (Wildman–Crippen LogP) is 4.47. The Hall–Kier alpha value is -1.02. The highest BCUT2D eigenvalue weighted by Gasteiger charge is 2.31. The summed E-state index contributed by atoms with van der Waals surface area (Å²) in [6.45, 7) is 0. The third-order valence-corrected chi connectivity index (χ3v) is 5.35. The molecule has 0 heterocycles. The first kappa shape index (κ1) is 13.9. The van der Waals surface area contributed by atoms with E-state index in [9.17, 15) is 0 Å². The second kappa shape index (κ2) is 5.77. The predicted molar refractivity (Wildman–Crippen MR) is 83.2 cm³/mol. The summed E-state index contributed by atoms with van der Waals surface area (Å²) in [5, 5.41) is 0. The molecular weight excluding hydrogens is 246 g/mol. The van der Waals surface area contributed by atoms with E-state index in [2.05, 4.69) is 18.2 Å². The van der Waals surface area contributed by atoms with Crippen LogP contribution in [0.15, 0.2) is 18.2 Å². The van der Waals surface area contributed by atoms with Gasteiger partial charge in [0, 0.05) is 5.54 Å². The van der Waals surface area contributed by atoms with Crippen molar-refractivity contribution in [2.45, 2.75) is 69.2 Å². The van der Waals surface area contributed by atoms with E-state index in [0.29, 0.717) is 5.92 Å². The number of rotatable bonds is 3. The van der Waals surface area contributed by atoms with E-state index in [0.717, 1.165) is 18.6 Å². The van der Waals surface area contributed by atoms with Crippen LogP contribution in [0.4, 0.5) is 0 Å². The van der Waals surface area contributed by atoms with Gasteiger partial charge in [-0.25, -0.2) is 0 Å². The SMILES string of the molecule is COc1ccc(C2(N)CCCCC2)cc1C1CCCC1. The molecule has 0 bridgehead atoms. The molecule has 0 saturated heterocycles. The average Bonchev–Trinajstić information content (AvgIpc) is 3.01. The van der Waals surface area contributed by atoms with Crippen LogP contribution in [0.25, 0.3) is 0 Å². The maximum absolute atomic E-state index is 6.70. The third-order valence-electron chi connectivity index (χ3n) is 5.35. The van der Waals surface area contributed by atoms with E-state index in [4.69, 9.17) is 10.5 Å². The molecule has 2 aliphatic carbocycles. The minimum Gasteiger partial charge on any atom is -0.496 e. The van der Waals surface area contributed by atoms with Crippen LogP contribution in [-0.2, 0) is 5.54 Å². The van der Waals surface area contributed by atoms with Crippen LogP contribution in [0, 0.1) is 0 Å². The molecule has 0 spiro atoms. The number of hydrogen-bond acceptors (Lipinski definition) is 2. The van der Waals surface area contributed by atoms with E-state index < -0.39 is 0 Å². The van der Waals surface area contributed by atoms with E-state index in [1.54, 1.807) is 7.11 Å². The first-order valence-corrected chi connectivity index (χ1v) is 8.20. The largest absolute Gasteiger partial charge is 0.496 e. The lowest BCUT2D eigenvalue weighted by molar-refractivity contribution is 0.301. The Kier molecular flexibility index (Phi) is 4.02. The summed E-state index contributed by atoms with van der Waals surface area (Å²) in [6, 6.07) is 6.70. The van der Waals surface area contributed by atoms with Crippen LogP contribution in [-0.4, -0.2) is 7.11 Å². The maximum atomic E-state index is 6.70. The molecule has 0 atom stereocenters. The summed E-state index contributed by atoms with van der Waals surface area (Å²) in [5.74, 6) is 1.73. The van der Waals surface area contributed by atoms with Gasteiger partial charge in [-0.05, 0) is 54.9 Å². The van der Waals surface area contributed by atoms with Crippen molar-refractivity contribution in [2.75, 3.05) is 7.11 Å². The topological polar surface area (TPSA) is 35.2 Å². The maximum Gasteiger partial charge on any atom is 0.122 e. The Morgan fingerprint density at radius 3 is 2.40 bits per heavy atom. The molecule has 0 aromatic heterocycles. The van der Waals surface area contributed by atoms with Crippen molar-refractivity contribution in [1.29, 1.82) is 0 Å². The first-order valence-electron chi connectivity index (χ1n) is 8.20. The van der Waals surface area contributed by atoms with Crippen LogP contribution in [0.1, 0.15) is 74.8 Å². The van der Waals surface area contributed by atoms with Crippen molar-refractivity contribution in [3.63, 3.8) is 0 Å². The molecule has 20 heavy (non-hydrogen) atoms. The van der Waals surface area contributed by atoms with Gasteiger partial charge in [0.05, 0.1) is 7.11 Å². The van der Waals surface area contributed by atoms with Gasteiger partial charge in [0.25, 0.3) is 0 Å². The van der Waals surface area contributed by atoms with Crippen LogP contribution < -0.4 is 10.5 Å². The van der Waals surface area contributed by atoms with Gasteiger partial charge in [0.15, 0.2) is 0 Å². The Labute approximate surface area is 122 Å². The summed E-state index contributed by atoms with van der Waals surface area (Å²) >= 11 is 0. The molecular formula is C18H27NO. The zero-order valence-corrected chi connectivity index (χ0v) is 12.7. The number of ether oxygens (including phenoxy) is 1. The molecule has 2 nitrogen and oxygen atoms in total. The molecule has 1 aromatic carbocycles. The number of benzene rings is 1. The summed E-state index contributed by atoms with van der Waals surface area (Å²) < 4.78 is 5.59. The lowest BCUT2D eigenvalue weighted by Gasteiger charge is -2.34. The van der Waals surface area contributed by atoms with E-state index in [1.807, 2.05) is 0 Å².